The van der Waals surface area contributed by atoms with Crippen LogP contribution in [0.3, 0.4) is 0 Å². The summed E-state index contributed by atoms with van der Waals surface area (Å²) in [6.45, 7) is 9.15. The van der Waals surface area contributed by atoms with Gasteiger partial charge < -0.3 is 14.0 Å². The van der Waals surface area contributed by atoms with Gasteiger partial charge in [0, 0.05) is 11.4 Å². The van der Waals surface area contributed by atoms with Gasteiger partial charge in [-0.05, 0) is 63.1 Å². The number of ether oxygens (including phenoxy) is 2. The molecule has 0 bridgehead atoms. The molecule has 0 aliphatic carbocycles. The molecule has 0 saturated heterocycles. The van der Waals surface area contributed by atoms with Crippen LogP contribution in [-0.4, -0.2) is 27.6 Å². The second-order valence-corrected chi connectivity index (χ2v) is 8.88. The minimum Gasteiger partial charge on any atom is -0.496 e. The van der Waals surface area contributed by atoms with Crippen molar-refractivity contribution in [3.63, 3.8) is 0 Å². The van der Waals surface area contributed by atoms with E-state index in [4.69, 9.17) is 9.47 Å². The zero-order chi connectivity index (χ0) is 22.8. The number of imidazole rings is 1. The minimum atomic E-state index is -0.269. The maximum atomic E-state index is 12.5. The van der Waals surface area contributed by atoms with Gasteiger partial charge in [0.2, 0.25) is 0 Å². The van der Waals surface area contributed by atoms with Crippen molar-refractivity contribution < 1.29 is 14.3 Å². The molecule has 0 unspecified atom stereocenters. The van der Waals surface area contributed by atoms with Gasteiger partial charge in [0.05, 0.1) is 35.8 Å². The molecule has 0 N–H and O–H groups in total. The van der Waals surface area contributed by atoms with Crippen molar-refractivity contribution in [3.8, 4) is 16.3 Å². The van der Waals surface area contributed by atoms with E-state index in [1.807, 2.05) is 57.2 Å². The van der Waals surface area contributed by atoms with Gasteiger partial charge in [-0.3, -0.25) is 4.79 Å². The molecule has 0 saturated carbocycles. The fourth-order valence-electron chi connectivity index (χ4n) is 3.81. The number of hydrogen-bond acceptors (Lipinski definition) is 6. The van der Waals surface area contributed by atoms with E-state index in [0.717, 1.165) is 61.4 Å². The first-order valence-electron chi connectivity index (χ1n) is 10.6. The number of benzene rings is 2. The number of esters is 1. The molecule has 0 atom stereocenters. The molecule has 2 aromatic heterocycles. The standard InChI is InChI=1S/C25H27N3O3S/c1-6-28-17(4)27-20-12-18(8-10-21(20)28)14-31-24(29)13-23-16(3)26-25(32-23)19-9-7-15(2)11-22(19)30-5/h7-12H,6,13-14H2,1-5H3. The van der Waals surface area contributed by atoms with Crippen LogP contribution in [0.4, 0.5) is 0 Å². The lowest BCUT2D eigenvalue weighted by molar-refractivity contribution is -0.144. The Labute approximate surface area is 191 Å². The van der Waals surface area contributed by atoms with E-state index >= 15 is 0 Å². The van der Waals surface area contributed by atoms with Crippen molar-refractivity contribution in [1.29, 1.82) is 0 Å². The second-order valence-electron chi connectivity index (χ2n) is 7.80. The number of carbonyl (C=O) groups excluding carboxylic acids is 1. The highest BCUT2D eigenvalue weighted by atomic mass is 32.1. The molecule has 0 aliphatic heterocycles. The molecule has 0 spiro atoms. The average molecular weight is 450 g/mol. The quantitative estimate of drug-likeness (QED) is 0.354. The lowest BCUT2D eigenvalue weighted by Crippen LogP contribution is -2.07. The maximum absolute atomic E-state index is 12.5. The van der Waals surface area contributed by atoms with Gasteiger partial charge in [0.25, 0.3) is 0 Å². The van der Waals surface area contributed by atoms with Crippen molar-refractivity contribution in [2.45, 2.75) is 47.3 Å². The summed E-state index contributed by atoms with van der Waals surface area (Å²) in [4.78, 5) is 22.7. The molecular formula is C25H27N3O3S. The van der Waals surface area contributed by atoms with Crippen molar-refractivity contribution in [2.24, 2.45) is 0 Å². The summed E-state index contributed by atoms with van der Waals surface area (Å²) in [5.74, 6) is 1.50. The molecule has 0 radical (unpaired) electrons. The largest absolute Gasteiger partial charge is 0.496 e. The molecule has 166 valence electrons. The Balaban J connectivity index is 1.44. The summed E-state index contributed by atoms with van der Waals surface area (Å²) < 4.78 is 13.2. The van der Waals surface area contributed by atoms with E-state index in [1.54, 1.807) is 7.11 Å². The SMILES string of the molecule is CCn1c(C)nc2cc(COC(=O)Cc3sc(-c4ccc(C)cc4OC)nc3C)ccc21. The third-order valence-electron chi connectivity index (χ3n) is 5.50. The molecular weight excluding hydrogens is 422 g/mol. The Kier molecular flexibility index (Phi) is 6.28. The van der Waals surface area contributed by atoms with Gasteiger partial charge in [0.1, 0.15) is 23.2 Å². The molecule has 0 amide bonds. The summed E-state index contributed by atoms with van der Waals surface area (Å²) >= 11 is 1.50. The number of hydrogen-bond donors (Lipinski definition) is 0. The second kappa shape index (κ2) is 9.12. The first-order chi connectivity index (χ1) is 15.4. The van der Waals surface area contributed by atoms with E-state index in [1.165, 1.54) is 11.3 Å². The van der Waals surface area contributed by atoms with E-state index < -0.39 is 0 Å². The van der Waals surface area contributed by atoms with Crippen molar-refractivity contribution in [2.75, 3.05) is 7.11 Å². The van der Waals surface area contributed by atoms with Gasteiger partial charge >= 0.3 is 5.97 Å². The molecule has 2 heterocycles. The molecule has 32 heavy (non-hydrogen) atoms. The van der Waals surface area contributed by atoms with Crippen LogP contribution in [0.15, 0.2) is 36.4 Å². The topological polar surface area (TPSA) is 66.2 Å². The number of fused-ring (bicyclic) bond motifs is 1. The number of carbonyl (C=O) groups is 1. The first kappa shape index (κ1) is 22.0. The monoisotopic (exact) mass is 449 g/mol. The Morgan fingerprint density at radius 2 is 1.91 bits per heavy atom. The zero-order valence-electron chi connectivity index (χ0n) is 19.1. The average Bonchev–Trinajstić information content (AvgIpc) is 3.29. The summed E-state index contributed by atoms with van der Waals surface area (Å²) in [5, 5.41) is 0.842. The Hall–Kier alpha value is -3.19. The number of rotatable bonds is 7. The Morgan fingerprint density at radius 1 is 1.09 bits per heavy atom. The van der Waals surface area contributed by atoms with Gasteiger partial charge in [-0.25, -0.2) is 9.97 Å². The predicted octanol–water partition coefficient (Wildman–Crippen LogP) is 5.40. The van der Waals surface area contributed by atoms with E-state index in [9.17, 15) is 4.79 Å². The summed E-state index contributed by atoms with van der Waals surface area (Å²) in [6.07, 6.45) is 0.198. The van der Waals surface area contributed by atoms with Crippen LogP contribution in [0.2, 0.25) is 0 Å². The van der Waals surface area contributed by atoms with Crippen LogP contribution in [-0.2, 0) is 29.1 Å². The summed E-state index contributed by atoms with van der Waals surface area (Å²) in [7, 11) is 1.66. The van der Waals surface area contributed by atoms with Gasteiger partial charge in [-0.1, -0.05) is 12.1 Å². The minimum absolute atomic E-state index is 0.198. The lowest BCUT2D eigenvalue weighted by atomic mass is 10.1. The molecule has 0 aliphatic rings. The van der Waals surface area contributed by atoms with Crippen LogP contribution in [0, 0.1) is 20.8 Å². The highest BCUT2D eigenvalue weighted by Crippen LogP contribution is 2.35. The molecule has 0 fully saturated rings. The smallest absolute Gasteiger partial charge is 0.311 e. The van der Waals surface area contributed by atoms with E-state index in [-0.39, 0.29) is 19.0 Å². The third-order valence-corrected chi connectivity index (χ3v) is 6.70. The number of nitrogens with zero attached hydrogens (tertiary/aromatic N) is 3. The Bertz CT molecular complexity index is 1290. The van der Waals surface area contributed by atoms with Crippen molar-refractivity contribution in [3.05, 3.63) is 63.9 Å². The molecule has 6 nitrogen and oxygen atoms in total. The number of aromatic nitrogens is 3. The maximum Gasteiger partial charge on any atom is 0.311 e. The van der Waals surface area contributed by atoms with Crippen LogP contribution < -0.4 is 4.74 Å². The first-order valence-corrected chi connectivity index (χ1v) is 11.4. The number of methoxy groups -OCH3 is 1. The normalized spacial score (nSPS) is 11.2. The summed E-state index contributed by atoms with van der Waals surface area (Å²) in [5.41, 5.74) is 5.84. The number of thiazole rings is 1. The summed E-state index contributed by atoms with van der Waals surface area (Å²) in [6, 6.07) is 12.0. The van der Waals surface area contributed by atoms with Crippen molar-refractivity contribution >= 4 is 28.3 Å². The van der Waals surface area contributed by atoms with Crippen LogP contribution >= 0.6 is 11.3 Å². The van der Waals surface area contributed by atoms with Gasteiger partial charge in [-0.2, -0.15) is 0 Å². The van der Waals surface area contributed by atoms with E-state index in [2.05, 4.69) is 21.5 Å². The zero-order valence-corrected chi connectivity index (χ0v) is 19.9. The van der Waals surface area contributed by atoms with Crippen LogP contribution in [0.1, 0.15) is 34.4 Å². The molecule has 2 aromatic carbocycles. The highest BCUT2D eigenvalue weighted by molar-refractivity contribution is 7.15. The third kappa shape index (κ3) is 4.39. The fourth-order valence-corrected chi connectivity index (χ4v) is 4.89. The lowest BCUT2D eigenvalue weighted by Gasteiger charge is -2.06. The Morgan fingerprint density at radius 3 is 2.66 bits per heavy atom. The highest BCUT2D eigenvalue weighted by Gasteiger charge is 2.17. The van der Waals surface area contributed by atoms with Crippen molar-refractivity contribution in [1.82, 2.24) is 14.5 Å². The predicted molar refractivity (Wildman–Crippen MR) is 127 cm³/mol. The molecule has 4 rings (SSSR count). The van der Waals surface area contributed by atoms with Crippen LogP contribution in [0.25, 0.3) is 21.6 Å². The molecule has 4 aromatic rings. The van der Waals surface area contributed by atoms with Crippen LogP contribution in [0.5, 0.6) is 5.75 Å². The number of aryl methyl sites for hydroxylation is 4. The van der Waals surface area contributed by atoms with Gasteiger partial charge in [-0.15, -0.1) is 11.3 Å². The van der Waals surface area contributed by atoms with E-state index in [0.29, 0.717) is 0 Å². The van der Waals surface area contributed by atoms with Gasteiger partial charge in [0.15, 0.2) is 0 Å². The molecule has 7 heteroatoms. The fraction of sp³-hybridized carbons (Fsp3) is 0.320.